The maximum absolute atomic E-state index is 12.0. The van der Waals surface area contributed by atoms with Gasteiger partial charge in [0.05, 0.1) is 7.11 Å². The van der Waals surface area contributed by atoms with Crippen LogP contribution in [-0.2, 0) is 0 Å². The van der Waals surface area contributed by atoms with Gasteiger partial charge in [-0.15, -0.1) is 0 Å². The van der Waals surface area contributed by atoms with E-state index >= 15 is 0 Å². The molecule has 2 aromatic carbocycles. The molecule has 0 aliphatic heterocycles. The minimum Gasteiger partial charge on any atom is -0.497 e. The van der Waals surface area contributed by atoms with Crippen molar-refractivity contribution in [2.75, 3.05) is 7.11 Å². The van der Waals surface area contributed by atoms with Crippen molar-refractivity contribution in [3.8, 4) is 17.6 Å². The normalized spacial score (nSPS) is 9.62. The quantitative estimate of drug-likeness (QED) is 0.605. The number of carbonyl (C=O) groups excluding carboxylic acids is 1. The molecule has 0 saturated heterocycles. The molecule has 0 heterocycles. The van der Waals surface area contributed by atoms with Crippen LogP contribution in [0.1, 0.15) is 28.8 Å². The Hall–Kier alpha value is -2.05. The largest absolute Gasteiger partial charge is 0.497 e. The number of halogens is 1. The first-order valence-electron chi connectivity index (χ1n) is 6.61. The average Bonchev–Trinajstić information content (AvgIpc) is 2.51. The molecule has 0 bridgehead atoms. The third-order valence-corrected chi connectivity index (χ3v) is 3.44. The summed E-state index contributed by atoms with van der Waals surface area (Å²) in [4.78, 5) is 12.0. The number of ketones is 1. The van der Waals surface area contributed by atoms with Crippen LogP contribution in [0, 0.1) is 11.8 Å². The molecule has 0 radical (unpaired) electrons. The second-order valence-electron chi connectivity index (χ2n) is 4.46. The van der Waals surface area contributed by atoms with Crippen molar-refractivity contribution in [2.24, 2.45) is 0 Å². The highest BCUT2D eigenvalue weighted by molar-refractivity contribution is 9.10. The van der Waals surface area contributed by atoms with Crippen molar-refractivity contribution in [1.82, 2.24) is 0 Å². The average molecular weight is 343 g/mol. The fourth-order valence-electron chi connectivity index (χ4n) is 1.83. The van der Waals surface area contributed by atoms with Crippen LogP contribution >= 0.6 is 15.9 Å². The predicted octanol–water partition coefficient (Wildman–Crippen LogP) is 4.47. The first-order chi connectivity index (χ1) is 10.2. The van der Waals surface area contributed by atoms with E-state index in [1.807, 2.05) is 24.3 Å². The second-order valence-corrected chi connectivity index (χ2v) is 5.38. The third kappa shape index (κ3) is 4.77. The van der Waals surface area contributed by atoms with Crippen molar-refractivity contribution in [1.29, 1.82) is 0 Å². The molecule has 0 N–H and O–H groups in total. The Balaban J connectivity index is 1.89. The van der Waals surface area contributed by atoms with Crippen LogP contribution in [0.25, 0.3) is 0 Å². The van der Waals surface area contributed by atoms with Gasteiger partial charge in [-0.1, -0.05) is 33.8 Å². The molecule has 0 amide bonds. The van der Waals surface area contributed by atoms with Gasteiger partial charge in [-0.3, -0.25) is 4.79 Å². The molecule has 0 aliphatic rings. The SMILES string of the molecule is COc1ccc(C(=O)CCC#Cc2cccc(Br)c2)cc1. The van der Waals surface area contributed by atoms with Crippen LogP contribution in [0.4, 0.5) is 0 Å². The van der Waals surface area contributed by atoms with Crippen LogP contribution in [0.15, 0.2) is 53.0 Å². The topological polar surface area (TPSA) is 26.3 Å². The summed E-state index contributed by atoms with van der Waals surface area (Å²) >= 11 is 3.40. The zero-order valence-corrected chi connectivity index (χ0v) is 13.3. The van der Waals surface area contributed by atoms with Gasteiger partial charge in [-0.25, -0.2) is 0 Å². The molecule has 2 nitrogen and oxygen atoms in total. The van der Waals surface area contributed by atoms with E-state index in [2.05, 4.69) is 27.8 Å². The van der Waals surface area contributed by atoms with Gasteiger partial charge in [-0.05, 0) is 42.5 Å². The first kappa shape index (κ1) is 15.3. The highest BCUT2D eigenvalue weighted by Gasteiger charge is 2.04. The molecule has 21 heavy (non-hydrogen) atoms. The van der Waals surface area contributed by atoms with Crippen LogP contribution < -0.4 is 4.74 Å². The smallest absolute Gasteiger partial charge is 0.163 e. The van der Waals surface area contributed by atoms with Gasteiger partial charge in [0.2, 0.25) is 0 Å². The summed E-state index contributed by atoms with van der Waals surface area (Å²) in [5, 5.41) is 0. The summed E-state index contributed by atoms with van der Waals surface area (Å²) in [5.74, 6) is 6.94. The van der Waals surface area contributed by atoms with E-state index in [0.717, 1.165) is 15.8 Å². The third-order valence-electron chi connectivity index (χ3n) is 2.95. The number of methoxy groups -OCH3 is 1. The summed E-state index contributed by atoms with van der Waals surface area (Å²) in [6.07, 6.45) is 0.977. The van der Waals surface area contributed by atoms with Gasteiger partial charge >= 0.3 is 0 Å². The van der Waals surface area contributed by atoms with Crippen molar-refractivity contribution < 1.29 is 9.53 Å². The molecular formula is C18H15BrO2. The molecule has 0 atom stereocenters. The molecule has 3 heteroatoms. The summed E-state index contributed by atoms with van der Waals surface area (Å²) in [6.45, 7) is 0. The van der Waals surface area contributed by atoms with Crippen LogP contribution in [-0.4, -0.2) is 12.9 Å². The van der Waals surface area contributed by atoms with Gasteiger partial charge in [0.15, 0.2) is 5.78 Å². The van der Waals surface area contributed by atoms with E-state index in [-0.39, 0.29) is 5.78 Å². The maximum atomic E-state index is 12.0. The number of benzene rings is 2. The number of ether oxygens (including phenoxy) is 1. The lowest BCUT2D eigenvalue weighted by atomic mass is 10.1. The number of rotatable bonds is 4. The van der Waals surface area contributed by atoms with Gasteiger partial charge < -0.3 is 4.74 Å². The Morgan fingerprint density at radius 3 is 2.62 bits per heavy atom. The highest BCUT2D eigenvalue weighted by Crippen LogP contribution is 2.13. The summed E-state index contributed by atoms with van der Waals surface area (Å²) in [6, 6.07) is 14.9. The first-order valence-corrected chi connectivity index (χ1v) is 7.40. The van der Waals surface area contributed by atoms with Crippen molar-refractivity contribution >= 4 is 21.7 Å². The Labute approximate surface area is 133 Å². The fraction of sp³-hybridized carbons (Fsp3) is 0.167. The Morgan fingerprint density at radius 1 is 1.19 bits per heavy atom. The molecule has 0 saturated carbocycles. The summed E-state index contributed by atoms with van der Waals surface area (Å²) in [5.41, 5.74) is 1.64. The molecule has 0 aromatic heterocycles. The standard InChI is InChI=1S/C18H15BrO2/c1-21-17-11-9-15(10-12-17)18(20)8-3-2-5-14-6-4-7-16(19)13-14/h4,6-7,9-13H,3,8H2,1H3. The van der Waals surface area contributed by atoms with Crippen LogP contribution in [0.3, 0.4) is 0 Å². The second kappa shape index (κ2) is 7.66. The number of carbonyl (C=O) groups is 1. The van der Waals surface area contributed by atoms with E-state index in [0.29, 0.717) is 18.4 Å². The monoisotopic (exact) mass is 342 g/mol. The molecule has 0 fully saturated rings. The molecule has 0 aliphatic carbocycles. The number of Topliss-reactive ketones (excluding diaryl/α,β-unsaturated/α-hetero) is 1. The summed E-state index contributed by atoms with van der Waals surface area (Å²) < 4.78 is 6.07. The van der Waals surface area contributed by atoms with Gasteiger partial charge in [0.1, 0.15) is 5.75 Å². The molecule has 2 aromatic rings. The lowest BCUT2D eigenvalue weighted by molar-refractivity contribution is 0.0984. The fourth-order valence-corrected chi connectivity index (χ4v) is 2.23. The van der Waals surface area contributed by atoms with Crippen LogP contribution in [0.5, 0.6) is 5.75 Å². The van der Waals surface area contributed by atoms with Gasteiger partial charge in [-0.2, -0.15) is 0 Å². The minimum absolute atomic E-state index is 0.0983. The minimum atomic E-state index is 0.0983. The Morgan fingerprint density at radius 2 is 1.95 bits per heavy atom. The Kier molecular flexibility index (Phi) is 5.59. The van der Waals surface area contributed by atoms with Crippen molar-refractivity contribution in [3.63, 3.8) is 0 Å². The summed E-state index contributed by atoms with van der Waals surface area (Å²) in [7, 11) is 1.61. The maximum Gasteiger partial charge on any atom is 0.163 e. The molecule has 106 valence electrons. The molecular weight excluding hydrogens is 328 g/mol. The van der Waals surface area contributed by atoms with E-state index in [1.165, 1.54) is 0 Å². The van der Waals surface area contributed by atoms with Gasteiger partial charge in [0.25, 0.3) is 0 Å². The zero-order chi connectivity index (χ0) is 15.1. The lowest BCUT2D eigenvalue weighted by Gasteiger charge is -2.01. The number of hydrogen-bond donors (Lipinski definition) is 0. The van der Waals surface area contributed by atoms with Crippen LogP contribution in [0.2, 0.25) is 0 Å². The highest BCUT2D eigenvalue weighted by atomic mass is 79.9. The van der Waals surface area contributed by atoms with E-state index in [9.17, 15) is 4.79 Å². The van der Waals surface area contributed by atoms with E-state index in [4.69, 9.17) is 4.74 Å². The molecule has 0 spiro atoms. The van der Waals surface area contributed by atoms with Crippen molar-refractivity contribution in [2.45, 2.75) is 12.8 Å². The van der Waals surface area contributed by atoms with Gasteiger partial charge in [0, 0.05) is 28.4 Å². The Bertz CT molecular complexity index is 678. The zero-order valence-electron chi connectivity index (χ0n) is 11.7. The van der Waals surface area contributed by atoms with E-state index in [1.54, 1.807) is 31.4 Å². The molecule has 2 rings (SSSR count). The molecule has 0 unspecified atom stereocenters. The number of hydrogen-bond acceptors (Lipinski definition) is 2. The lowest BCUT2D eigenvalue weighted by Crippen LogP contribution is -1.98. The van der Waals surface area contributed by atoms with E-state index < -0.39 is 0 Å². The van der Waals surface area contributed by atoms with Crippen molar-refractivity contribution in [3.05, 3.63) is 64.1 Å². The predicted molar refractivity (Wildman–Crippen MR) is 87.6 cm³/mol.